The molecular formula is C46H48N2O8S. The standard InChI is InChI=1S/C46H48N2O8S/c1-43-15-13-39(49)45(3,41(51)52)37(43)11-5-23-17-34-29(21-31(23)43)27-9-7-26(20-36(27)48-34)57(55,56)25-8-10-33-28(19-25)30-22-32-24(18-35(30)47-33)6-12-38-44(32,2)16-14-40(50)46(38,4)42(53)54/h7-10,17-22,37-40,47-50H,5-6,11-16H2,1-4H3,(H,51,52)(H,53,54)/t37-,38-,39+,40+,43-,44-,45+,46+/m1/s1. The van der Waals surface area contributed by atoms with E-state index in [2.05, 4.69) is 48.1 Å². The SMILES string of the molecule is C[C@@]1(C(=O)O)[C@@H](O)CC[C@]2(C)c3cc4c(cc3CC[C@@H]12)[nH]c1cc(S(=O)(=O)c2ccc3[nH]c5cc6c(cc5c3c2)[C@@]2(C)CC[C@H](O)[C@@](C)(C(=O)O)[C@@H]2CC6)ccc14. The number of sulfone groups is 1. The number of hydrogen-bond acceptors (Lipinski definition) is 6. The van der Waals surface area contributed by atoms with Gasteiger partial charge in [-0.05, 0) is 165 Å². The Morgan fingerprint density at radius 3 is 1.54 bits per heavy atom. The highest BCUT2D eigenvalue weighted by Crippen LogP contribution is 2.59. The van der Waals surface area contributed by atoms with Crippen LogP contribution in [0.4, 0.5) is 0 Å². The van der Waals surface area contributed by atoms with Crippen LogP contribution in [0.3, 0.4) is 0 Å². The average Bonchev–Trinajstić information content (AvgIpc) is 3.72. The predicted molar refractivity (Wildman–Crippen MR) is 217 cm³/mol. The summed E-state index contributed by atoms with van der Waals surface area (Å²) in [4.78, 5) is 32.5. The molecule has 0 unspecified atom stereocenters. The lowest BCUT2D eigenvalue weighted by molar-refractivity contribution is -0.172. The zero-order chi connectivity index (χ0) is 40.2. The Balaban J connectivity index is 1.04. The fourth-order valence-electron chi connectivity index (χ4n) is 12.6. The molecule has 57 heavy (non-hydrogen) atoms. The van der Waals surface area contributed by atoms with Crippen molar-refractivity contribution in [3.05, 3.63) is 82.9 Å². The molecule has 2 fully saturated rings. The van der Waals surface area contributed by atoms with E-state index in [0.29, 0.717) is 56.9 Å². The van der Waals surface area contributed by atoms with E-state index >= 15 is 0 Å². The molecule has 2 aromatic heterocycles. The lowest BCUT2D eigenvalue weighted by Gasteiger charge is -2.55. The molecule has 0 amide bonds. The summed E-state index contributed by atoms with van der Waals surface area (Å²) in [5, 5.41) is 46.0. The van der Waals surface area contributed by atoms with E-state index in [0.717, 1.165) is 60.3 Å². The number of aliphatic hydroxyl groups excluding tert-OH is 2. The van der Waals surface area contributed by atoms with E-state index in [4.69, 9.17) is 0 Å². The highest BCUT2D eigenvalue weighted by molar-refractivity contribution is 7.91. The van der Waals surface area contributed by atoms with Crippen molar-refractivity contribution in [1.29, 1.82) is 0 Å². The molecule has 0 bridgehead atoms. The quantitative estimate of drug-likeness (QED) is 0.104. The normalized spacial score (nSPS) is 32.5. The number of aryl methyl sites for hydroxylation is 2. The molecule has 10 rings (SSSR count). The summed E-state index contributed by atoms with van der Waals surface area (Å²) in [6.07, 6.45) is 3.03. The van der Waals surface area contributed by atoms with Crippen molar-refractivity contribution < 1.29 is 38.4 Å². The highest BCUT2D eigenvalue weighted by Gasteiger charge is 2.60. The minimum Gasteiger partial charge on any atom is -0.481 e. The van der Waals surface area contributed by atoms with Gasteiger partial charge in [0.15, 0.2) is 0 Å². The Morgan fingerprint density at radius 2 is 1.02 bits per heavy atom. The van der Waals surface area contributed by atoms with Gasteiger partial charge in [0.1, 0.15) is 0 Å². The third kappa shape index (κ3) is 4.67. The summed E-state index contributed by atoms with van der Waals surface area (Å²) in [6, 6.07) is 18.9. The molecule has 0 saturated heterocycles. The molecule has 6 N–H and O–H groups in total. The minimum atomic E-state index is -3.96. The summed E-state index contributed by atoms with van der Waals surface area (Å²) in [6.45, 7) is 7.65. The number of carboxylic acids is 2. The van der Waals surface area contributed by atoms with E-state index in [9.17, 15) is 38.4 Å². The first-order chi connectivity index (χ1) is 26.9. The van der Waals surface area contributed by atoms with Crippen molar-refractivity contribution in [2.45, 2.75) is 112 Å². The van der Waals surface area contributed by atoms with Gasteiger partial charge in [-0.2, -0.15) is 0 Å². The van der Waals surface area contributed by atoms with Crippen LogP contribution in [0.15, 0.2) is 70.5 Å². The van der Waals surface area contributed by atoms with Gasteiger partial charge in [0.25, 0.3) is 0 Å². The maximum Gasteiger partial charge on any atom is 0.312 e. The second-order valence-electron chi connectivity index (χ2n) is 18.6. The summed E-state index contributed by atoms with van der Waals surface area (Å²) in [5.41, 5.74) is 4.38. The molecule has 6 aromatic rings. The summed E-state index contributed by atoms with van der Waals surface area (Å²) >= 11 is 0. The van der Waals surface area contributed by atoms with Gasteiger partial charge in [0.05, 0.1) is 32.8 Å². The van der Waals surface area contributed by atoms with Gasteiger partial charge in [0.2, 0.25) is 9.84 Å². The van der Waals surface area contributed by atoms with Crippen LogP contribution in [-0.2, 0) is 43.1 Å². The monoisotopic (exact) mass is 788 g/mol. The lowest BCUT2D eigenvalue weighted by Crippen LogP contribution is -2.58. The van der Waals surface area contributed by atoms with Crippen molar-refractivity contribution in [1.82, 2.24) is 9.97 Å². The number of aromatic nitrogens is 2. The summed E-state index contributed by atoms with van der Waals surface area (Å²) < 4.78 is 28.8. The third-order valence-corrected chi connectivity index (χ3v) is 17.8. The van der Waals surface area contributed by atoms with E-state index in [1.165, 1.54) is 0 Å². The van der Waals surface area contributed by atoms with E-state index in [1.807, 2.05) is 12.1 Å². The van der Waals surface area contributed by atoms with Crippen LogP contribution in [0, 0.1) is 22.7 Å². The minimum absolute atomic E-state index is 0.164. The number of hydrogen-bond donors (Lipinski definition) is 6. The van der Waals surface area contributed by atoms with Gasteiger partial charge in [-0.15, -0.1) is 0 Å². The molecule has 0 spiro atoms. The van der Waals surface area contributed by atoms with Crippen LogP contribution in [0.2, 0.25) is 0 Å². The molecule has 4 aliphatic carbocycles. The predicted octanol–water partition coefficient (Wildman–Crippen LogP) is 7.92. The van der Waals surface area contributed by atoms with Gasteiger partial charge >= 0.3 is 11.9 Å². The number of aromatic amines is 2. The first-order valence-electron chi connectivity index (χ1n) is 20.2. The molecule has 11 heteroatoms. The maximum atomic E-state index is 14.4. The van der Waals surface area contributed by atoms with Gasteiger partial charge in [-0.1, -0.05) is 19.9 Å². The summed E-state index contributed by atoms with van der Waals surface area (Å²) in [7, 11) is -3.96. The Kier molecular flexibility index (Phi) is 7.52. The Morgan fingerprint density at radius 1 is 0.579 bits per heavy atom. The third-order valence-electron chi connectivity index (χ3n) is 16.0. The Hall–Kier alpha value is -4.71. The number of aliphatic hydroxyl groups is 2. The van der Waals surface area contributed by atoms with Crippen molar-refractivity contribution in [3.8, 4) is 0 Å². The van der Waals surface area contributed by atoms with Crippen LogP contribution in [0.5, 0.6) is 0 Å². The van der Waals surface area contributed by atoms with Gasteiger partial charge in [-0.3, -0.25) is 9.59 Å². The molecule has 4 aromatic carbocycles. The number of H-pyrrole nitrogens is 2. The van der Waals surface area contributed by atoms with Gasteiger partial charge < -0.3 is 30.4 Å². The molecular weight excluding hydrogens is 741 g/mol. The van der Waals surface area contributed by atoms with Crippen molar-refractivity contribution in [3.63, 3.8) is 0 Å². The number of rotatable bonds is 4. The second kappa shape index (κ2) is 11.7. The van der Waals surface area contributed by atoms with Crippen LogP contribution in [0.25, 0.3) is 43.6 Å². The van der Waals surface area contributed by atoms with E-state index in [-0.39, 0.29) is 21.6 Å². The maximum absolute atomic E-state index is 14.4. The molecule has 4 aliphatic rings. The number of carbonyl (C=O) groups is 2. The molecule has 10 nitrogen and oxygen atoms in total. The molecule has 0 radical (unpaired) electrons. The molecule has 0 aliphatic heterocycles. The van der Waals surface area contributed by atoms with Crippen molar-refractivity contribution in [2.24, 2.45) is 22.7 Å². The number of fused-ring (bicyclic) bond motifs is 12. The number of aliphatic carboxylic acids is 2. The largest absolute Gasteiger partial charge is 0.481 e. The zero-order valence-electron chi connectivity index (χ0n) is 32.6. The van der Waals surface area contributed by atoms with Crippen LogP contribution >= 0.6 is 0 Å². The fourth-order valence-corrected chi connectivity index (χ4v) is 13.9. The molecule has 2 heterocycles. The van der Waals surface area contributed by atoms with Crippen LogP contribution in [0.1, 0.15) is 88.5 Å². The highest BCUT2D eigenvalue weighted by atomic mass is 32.2. The smallest absolute Gasteiger partial charge is 0.312 e. The number of nitrogens with one attached hydrogen (secondary N) is 2. The van der Waals surface area contributed by atoms with Gasteiger partial charge in [-0.25, -0.2) is 8.42 Å². The Labute approximate surface area is 330 Å². The first kappa shape index (κ1) is 36.6. The average molecular weight is 789 g/mol. The number of benzene rings is 4. The molecule has 296 valence electrons. The second-order valence-corrected chi connectivity index (χ2v) is 20.5. The zero-order valence-corrected chi connectivity index (χ0v) is 33.4. The summed E-state index contributed by atoms with van der Waals surface area (Å²) in [5.74, 6) is -2.41. The van der Waals surface area contributed by atoms with Crippen LogP contribution < -0.4 is 0 Å². The Bertz CT molecular complexity index is 2880. The molecule has 2 saturated carbocycles. The van der Waals surface area contributed by atoms with Crippen LogP contribution in [-0.4, -0.2) is 63.0 Å². The number of carboxylic acid groups (broad SMARTS) is 2. The topological polar surface area (TPSA) is 181 Å². The fraction of sp³-hybridized carbons (Fsp3) is 0.435. The van der Waals surface area contributed by atoms with E-state index in [1.54, 1.807) is 38.1 Å². The molecule has 8 atom stereocenters. The lowest BCUT2D eigenvalue weighted by atomic mass is 9.49. The first-order valence-corrected chi connectivity index (χ1v) is 21.7. The van der Waals surface area contributed by atoms with Crippen molar-refractivity contribution in [2.75, 3.05) is 0 Å². The van der Waals surface area contributed by atoms with Gasteiger partial charge in [0, 0.05) is 43.6 Å². The van der Waals surface area contributed by atoms with E-state index < -0.39 is 55.6 Å². The van der Waals surface area contributed by atoms with Crippen molar-refractivity contribution >= 4 is 65.4 Å².